The van der Waals surface area contributed by atoms with Crippen LogP contribution in [-0.2, 0) is 22.6 Å². The normalized spacial score (nSPS) is 26.4. The Balaban J connectivity index is 1.25. The lowest BCUT2D eigenvalue weighted by Gasteiger charge is -2.62. The van der Waals surface area contributed by atoms with E-state index < -0.39 is 24.2 Å². The van der Waals surface area contributed by atoms with E-state index in [4.69, 9.17) is 14.3 Å². The predicted octanol–water partition coefficient (Wildman–Crippen LogP) is 6.16. The van der Waals surface area contributed by atoms with Gasteiger partial charge in [-0.05, 0) is 90.7 Å². The number of nitrogens with one attached hydrogen (secondary N) is 1. The molecule has 1 heterocycles. The molecular weight excluding hydrogens is 682 g/mol. The minimum atomic E-state index is -0.862. The minimum Gasteiger partial charge on any atom is -0.496 e. The summed E-state index contributed by atoms with van der Waals surface area (Å²) < 4.78 is 11.6. The van der Waals surface area contributed by atoms with E-state index in [9.17, 15) is 19.8 Å². The molecule has 54 heavy (non-hydrogen) atoms. The molecule has 10 nitrogen and oxygen atoms in total. The zero-order chi connectivity index (χ0) is 38.9. The molecule has 1 amide bonds. The van der Waals surface area contributed by atoms with Gasteiger partial charge in [-0.25, -0.2) is 0 Å². The van der Waals surface area contributed by atoms with Crippen molar-refractivity contribution in [2.75, 3.05) is 46.4 Å². The van der Waals surface area contributed by atoms with Crippen molar-refractivity contribution in [3.8, 4) is 22.6 Å². The molecule has 0 spiro atoms. The number of fused-ring (bicyclic) bond motifs is 2. The molecule has 3 N–H and O–H groups in total. The zero-order valence-corrected chi connectivity index (χ0v) is 33.2. The van der Waals surface area contributed by atoms with E-state index in [1.807, 2.05) is 79.7 Å². The molecule has 8 atom stereocenters. The third kappa shape index (κ3) is 7.76. The first-order valence-electron chi connectivity index (χ1n) is 19.4. The van der Waals surface area contributed by atoms with Crippen LogP contribution in [0.2, 0.25) is 0 Å². The molecule has 10 heteroatoms. The van der Waals surface area contributed by atoms with Crippen molar-refractivity contribution in [2.24, 2.45) is 35.0 Å². The zero-order valence-electron chi connectivity index (χ0n) is 33.2. The highest BCUT2D eigenvalue weighted by Crippen LogP contribution is 2.63. The van der Waals surface area contributed by atoms with Gasteiger partial charge in [0.2, 0.25) is 0 Å². The van der Waals surface area contributed by atoms with Crippen LogP contribution in [0.5, 0.6) is 11.5 Å². The Morgan fingerprint density at radius 3 is 2.43 bits per heavy atom. The molecule has 0 radical (unpaired) electrons. The Hall–Kier alpha value is -3.96. The highest BCUT2D eigenvalue weighted by atomic mass is 16.7. The first kappa shape index (κ1) is 39.7. The number of hydroxylamine groups is 2. The molecule has 3 aromatic rings. The van der Waals surface area contributed by atoms with E-state index in [0.29, 0.717) is 53.9 Å². The Kier molecular flexibility index (Phi) is 12.1. The van der Waals surface area contributed by atoms with Crippen LogP contribution in [0.4, 0.5) is 5.69 Å². The van der Waals surface area contributed by atoms with Crippen LogP contribution < -0.4 is 19.7 Å². The summed E-state index contributed by atoms with van der Waals surface area (Å²) in [5.41, 5.74) is 5.07. The molecule has 4 fully saturated rings. The van der Waals surface area contributed by atoms with Crippen molar-refractivity contribution in [3.63, 3.8) is 0 Å². The second kappa shape index (κ2) is 16.4. The van der Waals surface area contributed by atoms with Crippen LogP contribution in [0.15, 0.2) is 60.7 Å². The second-order valence-corrected chi connectivity index (χ2v) is 16.5. The molecule has 3 aliphatic carbocycles. The number of para-hydroxylation sites is 2. The molecule has 0 aromatic heterocycles. The number of aliphatic hydroxyl groups excluding tert-OH is 2. The molecule has 0 unspecified atom stereocenters. The largest absolute Gasteiger partial charge is 0.496 e. The molecule has 292 valence electrons. The van der Waals surface area contributed by atoms with Gasteiger partial charge < -0.3 is 29.9 Å². The maximum Gasteiger partial charge on any atom is 0.251 e. The maximum absolute atomic E-state index is 14.4. The molecule has 2 bridgehead atoms. The summed E-state index contributed by atoms with van der Waals surface area (Å²) in [7, 11) is 7.13. The molecule has 4 aliphatic rings. The number of hydrogen-bond acceptors (Lipinski definition) is 9. The number of anilines is 1. The number of carbonyl (C=O) groups is 2. The number of ether oxygens (including phenoxy) is 2. The maximum atomic E-state index is 14.4. The van der Waals surface area contributed by atoms with Crippen LogP contribution in [0.25, 0.3) is 11.1 Å². The van der Waals surface area contributed by atoms with Crippen LogP contribution in [0.1, 0.15) is 68.4 Å². The number of Topliss-reactive ketones (excluding diaryl/α,β-unsaturated/α-hetero) is 1. The summed E-state index contributed by atoms with van der Waals surface area (Å²) in [6.07, 6.45) is 1.75. The van der Waals surface area contributed by atoms with Crippen LogP contribution >= 0.6 is 0 Å². The van der Waals surface area contributed by atoms with E-state index in [1.165, 1.54) is 6.42 Å². The Morgan fingerprint density at radius 2 is 1.78 bits per heavy atom. The summed E-state index contributed by atoms with van der Waals surface area (Å²) in [6, 6.07) is 18.7. The van der Waals surface area contributed by atoms with Crippen molar-refractivity contribution in [1.82, 2.24) is 10.4 Å². The van der Waals surface area contributed by atoms with Gasteiger partial charge in [-0.3, -0.25) is 14.4 Å². The Bertz CT molecular complexity index is 1810. The van der Waals surface area contributed by atoms with Crippen molar-refractivity contribution in [2.45, 2.75) is 78.2 Å². The third-order valence-electron chi connectivity index (χ3n) is 12.9. The number of benzene rings is 3. The van der Waals surface area contributed by atoms with Crippen molar-refractivity contribution >= 4 is 17.4 Å². The van der Waals surface area contributed by atoms with Gasteiger partial charge in [-0.1, -0.05) is 57.2 Å². The first-order chi connectivity index (χ1) is 25.8. The Morgan fingerprint density at radius 1 is 1.04 bits per heavy atom. The summed E-state index contributed by atoms with van der Waals surface area (Å²) in [4.78, 5) is 36.2. The fourth-order valence-electron chi connectivity index (χ4n) is 9.67. The standard InChI is InChI=1S/C44H59N3O7/c1-26-30(19-33-23-36(26)44(33,3)4)22-37(50)41-40(27(2)49)39(25-48)54-47(41)24-29-13-11-14-35(42(29)53-8)31-18-32(21-34(20-31)46(5)6)43(51)45-17-16-28-12-9-10-15-38(28)52-7/h9-15,18,20-21,26-27,30,33,36,39-41,48-49H,16-17,19,22-25H2,1-8H3,(H,45,51)/t26-,27+,30-,33+,36+,39+,40-,41-/m1/s1. The summed E-state index contributed by atoms with van der Waals surface area (Å²) >= 11 is 0. The van der Waals surface area contributed by atoms with E-state index in [0.717, 1.165) is 40.1 Å². The molecule has 7 rings (SSSR count). The highest BCUT2D eigenvalue weighted by Gasteiger charge is 2.57. The van der Waals surface area contributed by atoms with Crippen LogP contribution in [0.3, 0.4) is 0 Å². The van der Waals surface area contributed by atoms with Crippen molar-refractivity contribution in [1.29, 1.82) is 0 Å². The summed E-state index contributed by atoms with van der Waals surface area (Å²) in [5.74, 6) is 2.63. The average molecular weight is 742 g/mol. The van der Waals surface area contributed by atoms with Gasteiger partial charge >= 0.3 is 0 Å². The summed E-state index contributed by atoms with van der Waals surface area (Å²) in [5, 5.41) is 26.1. The second-order valence-electron chi connectivity index (χ2n) is 16.5. The quantitative estimate of drug-likeness (QED) is 0.168. The van der Waals surface area contributed by atoms with Gasteiger partial charge in [0.25, 0.3) is 5.91 Å². The minimum absolute atomic E-state index is 0.0444. The van der Waals surface area contributed by atoms with Gasteiger partial charge in [0.05, 0.1) is 33.5 Å². The van der Waals surface area contributed by atoms with E-state index in [-0.39, 0.29) is 30.8 Å². The van der Waals surface area contributed by atoms with Gasteiger partial charge in [0.1, 0.15) is 23.6 Å². The average Bonchev–Trinajstić information content (AvgIpc) is 3.53. The number of rotatable bonds is 15. The topological polar surface area (TPSA) is 121 Å². The van der Waals surface area contributed by atoms with Crippen LogP contribution in [-0.4, -0.2) is 86.7 Å². The van der Waals surface area contributed by atoms with Gasteiger partial charge in [0, 0.05) is 55.4 Å². The van der Waals surface area contributed by atoms with Gasteiger partial charge in [0.15, 0.2) is 5.78 Å². The number of nitrogens with zero attached hydrogens (tertiary/aromatic N) is 2. The number of ketones is 1. The van der Waals surface area contributed by atoms with Crippen molar-refractivity contribution < 1.29 is 34.1 Å². The summed E-state index contributed by atoms with van der Waals surface area (Å²) in [6.45, 7) is 9.02. The smallest absolute Gasteiger partial charge is 0.251 e. The van der Waals surface area contributed by atoms with E-state index in [2.05, 4.69) is 26.1 Å². The molecule has 3 aromatic carbocycles. The molecular formula is C44H59N3O7. The first-order valence-corrected chi connectivity index (χ1v) is 19.4. The molecule has 1 saturated heterocycles. The van der Waals surface area contributed by atoms with Crippen LogP contribution in [0, 0.1) is 35.0 Å². The lowest BCUT2D eigenvalue weighted by Crippen LogP contribution is -2.55. The fourth-order valence-corrected chi connectivity index (χ4v) is 9.67. The predicted molar refractivity (Wildman–Crippen MR) is 211 cm³/mol. The Labute approximate surface area is 320 Å². The monoisotopic (exact) mass is 741 g/mol. The number of hydrogen-bond donors (Lipinski definition) is 3. The lowest BCUT2D eigenvalue weighted by molar-refractivity contribution is -0.183. The number of carbonyl (C=O) groups excluding carboxylic acids is 2. The molecule has 3 saturated carbocycles. The fraction of sp³-hybridized carbons (Fsp3) is 0.545. The SMILES string of the molecule is COc1ccccc1CCNC(=O)c1cc(-c2cccc(CN3O[C@@H](CO)[C@@H]([C@H](C)O)[C@H]3C(=O)C[C@H]3C[C@H]4C[C@@H]([C@@H]3C)C4(C)C)c2OC)cc(N(C)C)c1. The van der Waals surface area contributed by atoms with E-state index >= 15 is 0 Å². The number of amides is 1. The van der Waals surface area contributed by atoms with E-state index in [1.54, 1.807) is 26.2 Å². The highest BCUT2D eigenvalue weighted by molar-refractivity contribution is 5.97. The molecule has 1 aliphatic heterocycles. The third-order valence-corrected chi connectivity index (χ3v) is 12.9. The van der Waals surface area contributed by atoms with Crippen molar-refractivity contribution in [3.05, 3.63) is 77.4 Å². The van der Waals surface area contributed by atoms with Gasteiger partial charge in [-0.15, -0.1) is 0 Å². The number of methoxy groups -OCH3 is 2. The lowest BCUT2D eigenvalue weighted by atomic mass is 9.43. The van der Waals surface area contributed by atoms with Gasteiger partial charge in [-0.2, -0.15) is 5.06 Å². The number of aliphatic hydroxyl groups is 2.